The van der Waals surface area contributed by atoms with E-state index < -0.39 is 5.82 Å². The van der Waals surface area contributed by atoms with Gasteiger partial charge in [-0.05, 0) is 49.6 Å². The van der Waals surface area contributed by atoms with Crippen molar-refractivity contribution in [3.05, 3.63) is 58.9 Å². The molecule has 0 aliphatic carbocycles. The number of amides is 2. The Balaban J connectivity index is 1.88. The number of anilines is 2. The number of quaternary nitrogens is 1. The maximum absolute atomic E-state index is 13.8. The van der Waals surface area contributed by atoms with Crippen LogP contribution in [0.4, 0.5) is 15.8 Å². The number of nitrogens with one attached hydrogen (secondary N) is 3. The molecule has 0 aliphatic heterocycles. The second-order valence-electron chi connectivity index (χ2n) is 6.66. The van der Waals surface area contributed by atoms with Crippen LogP contribution in [-0.4, -0.2) is 32.0 Å². The molecule has 2 aromatic carbocycles. The number of hydrogen-bond donors (Lipinski definition) is 3. The summed E-state index contributed by atoms with van der Waals surface area (Å²) < 4.78 is 13.8. The fourth-order valence-corrected chi connectivity index (χ4v) is 2.72. The lowest BCUT2D eigenvalue weighted by Crippen LogP contribution is -3.11. The predicted octanol–water partition coefficient (Wildman–Crippen LogP) is 1.84. The molecule has 3 N–H and O–H groups in total. The molecule has 0 bridgehead atoms. The minimum absolute atomic E-state index is 0.0630. The first-order valence-corrected chi connectivity index (χ1v) is 8.49. The number of hydrogen-bond acceptors (Lipinski definition) is 2. The topological polar surface area (TPSA) is 62.6 Å². The van der Waals surface area contributed by atoms with Gasteiger partial charge < -0.3 is 15.5 Å². The standard InChI is InChI=1S/C20H24FN3O2/c1-13-8-9-17(16(21)10-13)22-18(25)11-24(4)12-19(26)23-20-14(2)6-5-7-15(20)3/h5-10H,11-12H2,1-4H3,(H,22,25)(H,23,26)/p+1. The van der Waals surface area contributed by atoms with Gasteiger partial charge >= 0.3 is 0 Å². The summed E-state index contributed by atoms with van der Waals surface area (Å²) in [5, 5.41) is 5.44. The van der Waals surface area contributed by atoms with Crippen molar-refractivity contribution in [2.75, 3.05) is 30.8 Å². The molecular formula is C20H25FN3O2+. The van der Waals surface area contributed by atoms with E-state index in [1.165, 1.54) is 12.1 Å². The Morgan fingerprint density at radius 2 is 1.54 bits per heavy atom. The van der Waals surface area contributed by atoms with E-state index in [4.69, 9.17) is 0 Å². The van der Waals surface area contributed by atoms with E-state index in [1.807, 2.05) is 32.0 Å². The van der Waals surface area contributed by atoms with Gasteiger partial charge in [-0.1, -0.05) is 24.3 Å². The highest BCUT2D eigenvalue weighted by Gasteiger charge is 2.16. The highest BCUT2D eigenvalue weighted by atomic mass is 19.1. The van der Waals surface area contributed by atoms with E-state index in [2.05, 4.69) is 10.6 Å². The predicted molar refractivity (Wildman–Crippen MR) is 101 cm³/mol. The fourth-order valence-electron chi connectivity index (χ4n) is 2.72. The van der Waals surface area contributed by atoms with Gasteiger partial charge in [-0.25, -0.2) is 4.39 Å². The number of likely N-dealkylation sites (N-methyl/N-ethyl adjacent to an activating group) is 1. The smallest absolute Gasteiger partial charge is 0.279 e. The quantitative estimate of drug-likeness (QED) is 0.738. The molecule has 0 heterocycles. The van der Waals surface area contributed by atoms with Crippen molar-refractivity contribution in [1.82, 2.24) is 0 Å². The SMILES string of the molecule is Cc1ccc(NC(=O)C[NH+](C)CC(=O)Nc2c(C)cccc2C)c(F)c1. The molecule has 2 rings (SSSR count). The van der Waals surface area contributed by atoms with Gasteiger partial charge in [-0.15, -0.1) is 0 Å². The largest absolute Gasteiger partial charge is 0.322 e. The number of aryl methyl sites for hydroxylation is 3. The second kappa shape index (κ2) is 8.58. The zero-order valence-electron chi connectivity index (χ0n) is 15.6. The van der Waals surface area contributed by atoms with E-state index in [0.717, 1.165) is 22.4 Å². The number of para-hydroxylation sites is 1. The van der Waals surface area contributed by atoms with Crippen LogP contribution in [0.2, 0.25) is 0 Å². The van der Waals surface area contributed by atoms with Crippen LogP contribution < -0.4 is 15.5 Å². The van der Waals surface area contributed by atoms with Crippen molar-refractivity contribution in [3.63, 3.8) is 0 Å². The molecule has 1 atom stereocenters. The van der Waals surface area contributed by atoms with Crippen LogP contribution in [0, 0.1) is 26.6 Å². The van der Waals surface area contributed by atoms with Gasteiger partial charge in [0.25, 0.3) is 11.8 Å². The molecule has 2 amide bonds. The minimum Gasteiger partial charge on any atom is -0.322 e. The molecule has 0 saturated heterocycles. The van der Waals surface area contributed by atoms with Crippen LogP contribution in [0.1, 0.15) is 16.7 Å². The van der Waals surface area contributed by atoms with Gasteiger partial charge in [0.2, 0.25) is 0 Å². The van der Waals surface area contributed by atoms with Crippen LogP contribution in [-0.2, 0) is 9.59 Å². The number of carbonyl (C=O) groups is 2. The number of halogens is 1. The van der Waals surface area contributed by atoms with Gasteiger partial charge in [0, 0.05) is 5.69 Å². The normalized spacial score (nSPS) is 11.7. The maximum atomic E-state index is 13.8. The lowest BCUT2D eigenvalue weighted by atomic mass is 10.1. The summed E-state index contributed by atoms with van der Waals surface area (Å²) in [7, 11) is 1.75. The maximum Gasteiger partial charge on any atom is 0.279 e. The number of benzene rings is 2. The van der Waals surface area contributed by atoms with Crippen LogP contribution in [0.15, 0.2) is 36.4 Å². The zero-order chi connectivity index (χ0) is 19.3. The Morgan fingerprint density at radius 1 is 0.962 bits per heavy atom. The first-order valence-electron chi connectivity index (χ1n) is 8.49. The molecule has 138 valence electrons. The molecule has 1 unspecified atom stereocenters. The van der Waals surface area contributed by atoms with E-state index in [0.29, 0.717) is 4.90 Å². The van der Waals surface area contributed by atoms with Gasteiger partial charge in [0.1, 0.15) is 5.82 Å². The van der Waals surface area contributed by atoms with Gasteiger partial charge in [-0.3, -0.25) is 9.59 Å². The minimum atomic E-state index is -0.469. The van der Waals surface area contributed by atoms with Gasteiger partial charge in [0.15, 0.2) is 13.1 Å². The van der Waals surface area contributed by atoms with E-state index in [1.54, 1.807) is 20.0 Å². The average molecular weight is 358 g/mol. The third kappa shape index (κ3) is 5.39. The summed E-state index contributed by atoms with van der Waals surface area (Å²) in [6.45, 7) is 5.85. The summed E-state index contributed by atoms with van der Waals surface area (Å²) in [6.07, 6.45) is 0. The lowest BCUT2D eigenvalue weighted by molar-refractivity contribution is -0.862. The Morgan fingerprint density at radius 3 is 2.12 bits per heavy atom. The Labute approximate surface area is 153 Å². The first kappa shape index (κ1) is 19.6. The summed E-state index contributed by atoms with van der Waals surface area (Å²) in [6, 6.07) is 10.4. The van der Waals surface area contributed by atoms with Crippen LogP contribution in [0.25, 0.3) is 0 Å². The molecule has 5 nitrogen and oxygen atoms in total. The molecule has 26 heavy (non-hydrogen) atoms. The van der Waals surface area contributed by atoms with E-state index >= 15 is 0 Å². The van der Waals surface area contributed by atoms with Crippen LogP contribution in [0.5, 0.6) is 0 Å². The van der Waals surface area contributed by atoms with Crippen molar-refractivity contribution >= 4 is 23.2 Å². The van der Waals surface area contributed by atoms with E-state index in [-0.39, 0.29) is 30.6 Å². The third-order valence-electron chi connectivity index (χ3n) is 4.07. The summed E-state index contributed by atoms with van der Waals surface area (Å²) in [5.74, 6) is -0.983. The molecule has 0 aromatic heterocycles. The molecule has 0 radical (unpaired) electrons. The monoisotopic (exact) mass is 358 g/mol. The fraction of sp³-hybridized carbons (Fsp3) is 0.300. The molecular weight excluding hydrogens is 333 g/mol. The highest BCUT2D eigenvalue weighted by molar-refractivity contribution is 5.94. The Bertz CT molecular complexity index is 800. The number of rotatable bonds is 6. The molecule has 0 saturated carbocycles. The van der Waals surface area contributed by atoms with Crippen LogP contribution in [0.3, 0.4) is 0 Å². The lowest BCUT2D eigenvalue weighted by Gasteiger charge is -2.15. The third-order valence-corrected chi connectivity index (χ3v) is 4.07. The van der Waals surface area contributed by atoms with Crippen molar-refractivity contribution in [1.29, 1.82) is 0 Å². The van der Waals surface area contributed by atoms with Crippen molar-refractivity contribution < 1.29 is 18.9 Å². The van der Waals surface area contributed by atoms with Crippen molar-refractivity contribution in [2.45, 2.75) is 20.8 Å². The second-order valence-corrected chi connectivity index (χ2v) is 6.66. The van der Waals surface area contributed by atoms with E-state index in [9.17, 15) is 14.0 Å². The number of carbonyl (C=O) groups excluding carboxylic acids is 2. The summed E-state index contributed by atoms with van der Waals surface area (Å²) in [5.41, 5.74) is 3.71. The summed E-state index contributed by atoms with van der Waals surface area (Å²) >= 11 is 0. The Hall–Kier alpha value is -2.73. The highest BCUT2D eigenvalue weighted by Crippen LogP contribution is 2.19. The average Bonchev–Trinajstić information content (AvgIpc) is 2.53. The summed E-state index contributed by atoms with van der Waals surface area (Å²) in [4.78, 5) is 25.0. The van der Waals surface area contributed by atoms with Crippen molar-refractivity contribution in [2.24, 2.45) is 0 Å². The molecule has 6 heteroatoms. The zero-order valence-corrected chi connectivity index (χ0v) is 15.6. The molecule has 2 aromatic rings. The van der Waals surface area contributed by atoms with Crippen molar-refractivity contribution in [3.8, 4) is 0 Å². The molecule has 0 spiro atoms. The molecule has 0 fully saturated rings. The molecule has 0 aliphatic rings. The first-order chi connectivity index (χ1) is 12.3. The van der Waals surface area contributed by atoms with Crippen LogP contribution >= 0.6 is 0 Å². The Kier molecular flexibility index (Phi) is 6.46. The van der Waals surface area contributed by atoms with Gasteiger partial charge in [0.05, 0.1) is 12.7 Å². The van der Waals surface area contributed by atoms with Gasteiger partial charge in [-0.2, -0.15) is 0 Å².